The van der Waals surface area contributed by atoms with Crippen LogP contribution in [0.4, 0.5) is 5.69 Å². The van der Waals surface area contributed by atoms with Crippen LogP contribution < -0.4 is 5.32 Å². The Bertz CT molecular complexity index is 485. The highest BCUT2D eigenvalue weighted by Crippen LogP contribution is 2.10. The van der Waals surface area contributed by atoms with E-state index in [2.05, 4.69) is 22.9 Å². The van der Waals surface area contributed by atoms with Gasteiger partial charge in [0.05, 0.1) is 18.3 Å². The summed E-state index contributed by atoms with van der Waals surface area (Å²) in [5, 5.41) is 2.81. The van der Waals surface area contributed by atoms with E-state index in [1.54, 1.807) is 6.20 Å². The molecule has 1 aromatic heterocycles. The molecule has 1 aromatic carbocycles. The fourth-order valence-electron chi connectivity index (χ4n) is 1.55. The van der Waals surface area contributed by atoms with E-state index < -0.39 is 0 Å². The lowest BCUT2D eigenvalue weighted by Crippen LogP contribution is -2.14. The zero-order chi connectivity index (χ0) is 13.0. The van der Waals surface area contributed by atoms with Gasteiger partial charge in [-0.25, -0.2) is 0 Å². The molecular weight excluding hydrogens is 244 g/mol. The van der Waals surface area contributed by atoms with Crippen LogP contribution >= 0.6 is 12.6 Å². The molecule has 0 aliphatic heterocycles. The number of rotatable bonds is 3. The second kappa shape index (κ2) is 5.69. The zero-order valence-electron chi connectivity index (χ0n) is 10.1. The maximum Gasteiger partial charge on any atom is 0.228 e. The van der Waals surface area contributed by atoms with Gasteiger partial charge in [-0.1, -0.05) is 12.1 Å². The first-order valence-electron chi connectivity index (χ1n) is 5.64. The van der Waals surface area contributed by atoms with Crippen molar-refractivity contribution in [3.63, 3.8) is 0 Å². The number of aromatic nitrogens is 1. The molecule has 0 unspecified atom stereocenters. The first-order valence-corrected chi connectivity index (χ1v) is 6.08. The summed E-state index contributed by atoms with van der Waals surface area (Å²) in [5.74, 6) is -0.0485. The minimum atomic E-state index is -0.0485. The van der Waals surface area contributed by atoms with Crippen LogP contribution in [0, 0.1) is 6.92 Å². The molecule has 2 rings (SSSR count). The van der Waals surface area contributed by atoms with Gasteiger partial charge in [0.1, 0.15) is 0 Å². The lowest BCUT2D eigenvalue weighted by atomic mass is 10.1. The third-order valence-electron chi connectivity index (χ3n) is 2.50. The molecule has 1 N–H and O–H groups in total. The van der Waals surface area contributed by atoms with Gasteiger partial charge in [0.25, 0.3) is 0 Å². The minimum absolute atomic E-state index is 0.0485. The predicted molar refractivity (Wildman–Crippen MR) is 75.0 cm³/mol. The summed E-state index contributed by atoms with van der Waals surface area (Å²) < 4.78 is 0. The molecule has 0 saturated carbocycles. The van der Waals surface area contributed by atoms with Gasteiger partial charge in [0.2, 0.25) is 5.91 Å². The second-order valence-electron chi connectivity index (χ2n) is 4.08. The molecule has 4 heteroatoms. The van der Waals surface area contributed by atoms with E-state index in [0.29, 0.717) is 6.42 Å². The van der Waals surface area contributed by atoms with Crippen molar-refractivity contribution < 1.29 is 4.79 Å². The van der Waals surface area contributed by atoms with Gasteiger partial charge in [-0.2, -0.15) is 0 Å². The van der Waals surface area contributed by atoms with E-state index in [-0.39, 0.29) is 5.91 Å². The Balaban J connectivity index is 1.96. The van der Waals surface area contributed by atoms with Gasteiger partial charge in [-0.05, 0) is 36.8 Å². The fraction of sp³-hybridized carbons (Fsp3) is 0.143. The van der Waals surface area contributed by atoms with Crippen LogP contribution in [0.25, 0.3) is 0 Å². The van der Waals surface area contributed by atoms with Crippen LogP contribution in [0.1, 0.15) is 11.3 Å². The number of benzene rings is 1. The van der Waals surface area contributed by atoms with E-state index in [0.717, 1.165) is 21.8 Å². The highest BCUT2D eigenvalue weighted by molar-refractivity contribution is 7.80. The Kier molecular flexibility index (Phi) is 3.99. The molecule has 0 atom stereocenters. The van der Waals surface area contributed by atoms with Crippen molar-refractivity contribution in [3.05, 3.63) is 53.9 Å². The Morgan fingerprint density at radius 1 is 1.22 bits per heavy atom. The number of thiol groups is 1. The number of amides is 1. The highest BCUT2D eigenvalue weighted by atomic mass is 32.1. The normalized spacial score (nSPS) is 10.1. The molecule has 0 aliphatic rings. The molecule has 0 fully saturated rings. The summed E-state index contributed by atoms with van der Waals surface area (Å²) in [6.45, 7) is 1.91. The number of hydrogen-bond acceptors (Lipinski definition) is 3. The van der Waals surface area contributed by atoms with Crippen molar-refractivity contribution in [2.24, 2.45) is 0 Å². The molecule has 1 amide bonds. The van der Waals surface area contributed by atoms with E-state index in [9.17, 15) is 4.79 Å². The number of aryl methyl sites for hydroxylation is 1. The molecule has 18 heavy (non-hydrogen) atoms. The number of nitrogens with zero attached hydrogens (tertiary/aromatic N) is 1. The van der Waals surface area contributed by atoms with Gasteiger partial charge in [0.15, 0.2) is 0 Å². The molecule has 0 spiro atoms. The summed E-state index contributed by atoms with van der Waals surface area (Å²) in [4.78, 5) is 16.8. The third kappa shape index (κ3) is 3.60. The molecule has 1 heterocycles. The van der Waals surface area contributed by atoms with Gasteiger partial charge >= 0.3 is 0 Å². The topological polar surface area (TPSA) is 42.0 Å². The monoisotopic (exact) mass is 258 g/mol. The van der Waals surface area contributed by atoms with Crippen molar-refractivity contribution in [2.75, 3.05) is 5.32 Å². The first-order chi connectivity index (χ1) is 8.63. The number of anilines is 1. The summed E-state index contributed by atoms with van der Waals surface area (Å²) >= 11 is 4.20. The molecule has 3 nitrogen and oxygen atoms in total. The van der Waals surface area contributed by atoms with Gasteiger partial charge in [-0.15, -0.1) is 12.6 Å². The summed E-state index contributed by atoms with van der Waals surface area (Å²) in [6.07, 6.45) is 2.01. The summed E-state index contributed by atoms with van der Waals surface area (Å²) in [7, 11) is 0. The maximum absolute atomic E-state index is 11.8. The number of carbonyl (C=O) groups is 1. The lowest BCUT2D eigenvalue weighted by Gasteiger charge is -2.05. The van der Waals surface area contributed by atoms with Gasteiger partial charge < -0.3 is 5.32 Å². The molecule has 0 bridgehead atoms. The average Bonchev–Trinajstić information content (AvgIpc) is 2.35. The van der Waals surface area contributed by atoms with E-state index >= 15 is 0 Å². The second-order valence-corrected chi connectivity index (χ2v) is 4.60. The zero-order valence-corrected chi connectivity index (χ0v) is 10.9. The quantitative estimate of drug-likeness (QED) is 0.831. The summed E-state index contributed by atoms with van der Waals surface area (Å²) in [6, 6.07) is 11.3. The predicted octanol–water partition coefficient (Wildman–Crippen LogP) is 2.86. The number of pyridine rings is 1. The van der Waals surface area contributed by atoms with E-state index in [1.165, 1.54) is 0 Å². The van der Waals surface area contributed by atoms with Crippen LogP contribution in [-0.2, 0) is 11.2 Å². The molecule has 0 saturated heterocycles. The van der Waals surface area contributed by atoms with Crippen molar-refractivity contribution in [3.8, 4) is 0 Å². The van der Waals surface area contributed by atoms with Crippen LogP contribution in [0.2, 0.25) is 0 Å². The van der Waals surface area contributed by atoms with Crippen LogP contribution in [-0.4, -0.2) is 10.9 Å². The molecular formula is C14H14N2OS. The Morgan fingerprint density at radius 3 is 2.56 bits per heavy atom. The number of carbonyl (C=O) groups excluding carboxylic acids is 1. The van der Waals surface area contributed by atoms with Crippen LogP contribution in [0.15, 0.2) is 47.5 Å². The van der Waals surface area contributed by atoms with Crippen molar-refractivity contribution in [2.45, 2.75) is 18.2 Å². The highest BCUT2D eigenvalue weighted by Gasteiger charge is 2.04. The first kappa shape index (κ1) is 12.6. The van der Waals surface area contributed by atoms with Crippen LogP contribution in [0.5, 0.6) is 0 Å². The standard InChI is InChI=1S/C14H14N2OS/c1-10-2-5-12(9-15-10)16-14(17)8-11-3-6-13(18)7-4-11/h2-7,9,18H,8H2,1H3,(H,16,17). The Morgan fingerprint density at radius 2 is 1.94 bits per heavy atom. The fourth-order valence-corrected chi connectivity index (χ4v) is 1.70. The van der Waals surface area contributed by atoms with Gasteiger partial charge in [0, 0.05) is 10.6 Å². The molecule has 0 aliphatic carbocycles. The van der Waals surface area contributed by atoms with E-state index in [1.807, 2.05) is 43.3 Å². The molecule has 92 valence electrons. The number of nitrogens with one attached hydrogen (secondary N) is 1. The van der Waals surface area contributed by atoms with Gasteiger partial charge in [-0.3, -0.25) is 9.78 Å². The SMILES string of the molecule is Cc1ccc(NC(=O)Cc2ccc(S)cc2)cn1. The Labute approximate surface area is 112 Å². The van der Waals surface area contributed by atoms with Crippen molar-refractivity contribution in [1.29, 1.82) is 0 Å². The molecule has 2 aromatic rings. The minimum Gasteiger partial charge on any atom is -0.324 e. The number of hydrogen-bond donors (Lipinski definition) is 2. The average molecular weight is 258 g/mol. The maximum atomic E-state index is 11.8. The van der Waals surface area contributed by atoms with Crippen molar-refractivity contribution in [1.82, 2.24) is 4.98 Å². The third-order valence-corrected chi connectivity index (χ3v) is 2.79. The Hall–Kier alpha value is -1.81. The van der Waals surface area contributed by atoms with Crippen molar-refractivity contribution >= 4 is 24.2 Å². The summed E-state index contributed by atoms with van der Waals surface area (Å²) in [5.41, 5.74) is 2.61. The molecule has 0 radical (unpaired) electrons. The lowest BCUT2D eigenvalue weighted by molar-refractivity contribution is -0.115. The van der Waals surface area contributed by atoms with E-state index in [4.69, 9.17) is 0 Å². The largest absolute Gasteiger partial charge is 0.324 e. The smallest absolute Gasteiger partial charge is 0.228 e. The van der Waals surface area contributed by atoms with Crippen LogP contribution in [0.3, 0.4) is 0 Å².